The van der Waals surface area contributed by atoms with Gasteiger partial charge in [-0.05, 0) is 60.4 Å². The van der Waals surface area contributed by atoms with Crippen LogP contribution in [0.25, 0.3) is 11.0 Å². The van der Waals surface area contributed by atoms with Gasteiger partial charge in [0.2, 0.25) is 11.8 Å². The number of hydrogen-bond donors (Lipinski definition) is 1. The van der Waals surface area contributed by atoms with Crippen molar-refractivity contribution in [2.45, 2.75) is 38.1 Å². The molecule has 2 aliphatic rings. The van der Waals surface area contributed by atoms with Gasteiger partial charge in [-0.25, -0.2) is 4.68 Å². The molecule has 1 N–H and O–H groups in total. The van der Waals surface area contributed by atoms with Crippen molar-refractivity contribution in [3.05, 3.63) is 83.9 Å². The fourth-order valence-corrected chi connectivity index (χ4v) is 5.78. The number of carbonyl (C=O) groups is 2. The predicted octanol–water partition coefficient (Wildman–Crippen LogP) is 3.34. The Morgan fingerprint density at radius 1 is 1.02 bits per heavy atom. The molecule has 0 radical (unpaired) electrons. The van der Waals surface area contributed by atoms with Gasteiger partial charge in [0.05, 0.1) is 31.9 Å². The van der Waals surface area contributed by atoms with E-state index in [4.69, 9.17) is 14.2 Å². The number of nitrogens with one attached hydrogen (secondary N) is 1. The maximum atomic E-state index is 14.3. The van der Waals surface area contributed by atoms with E-state index in [-0.39, 0.29) is 31.0 Å². The van der Waals surface area contributed by atoms with Crippen LogP contribution in [0.15, 0.2) is 72.8 Å². The number of rotatable bonds is 11. The SMILES string of the molecule is COc1ccc(CN(C(=O)Cn2nnc3ccccc32)[C@@H](C(=O)NC[C@@H]2CCCO2)c2ccc(N3CCOCC3)cc2)cc1. The minimum atomic E-state index is -0.889. The number of aromatic nitrogens is 3. The number of amides is 2. The van der Waals surface area contributed by atoms with Crippen molar-refractivity contribution in [3.8, 4) is 5.75 Å². The molecule has 0 aliphatic carbocycles. The van der Waals surface area contributed by atoms with E-state index < -0.39 is 6.04 Å². The fourth-order valence-electron chi connectivity index (χ4n) is 5.78. The second-order valence-corrected chi connectivity index (χ2v) is 11.1. The first-order valence-electron chi connectivity index (χ1n) is 15.1. The van der Waals surface area contributed by atoms with Crippen molar-refractivity contribution < 1.29 is 23.8 Å². The molecule has 1 aromatic heterocycles. The highest BCUT2D eigenvalue weighted by Crippen LogP contribution is 2.28. The van der Waals surface area contributed by atoms with Crippen LogP contribution in [0, 0.1) is 0 Å². The zero-order chi connectivity index (χ0) is 30.3. The molecule has 0 saturated carbocycles. The van der Waals surface area contributed by atoms with Crippen LogP contribution >= 0.6 is 0 Å². The molecule has 0 bridgehead atoms. The summed E-state index contributed by atoms with van der Waals surface area (Å²) in [5.41, 5.74) is 4.09. The number of fused-ring (bicyclic) bond motifs is 1. The average molecular weight is 599 g/mol. The lowest BCUT2D eigenvalue weighted by Gasteiger charge is -2.33. The molecule has 3 aromatic carbocycles. The lowest BCUT2D eigenvalue weighted by molar-refractivity contribution is -0.142. The maximum Gasteiger partial charge on any atom is 0.247 e. The van der Waals surface area contributed by atoms with Gasteiger partial charge in [-0.2, -0.15) is 0 Å². The highest BCUT2D eigenvalue weighted by Gasteiger charge is 2.33. The average Bonchev–Trinajstić information content (AvgIpc) is 3.75. The lowest BCUT2D eigenvalue weighted by atomic mass is 10.0. The van der Waals surface area contributed by atoms with E-state index in [0.717, 1.165) is 48.3 Å². The smallest absolute Gasteiger partial charge is 0.247 e. The van der Waals surface area contributed by atoms with E-state index in [1.54, 1.807) is 16.7 Å². The van der Waals surface area contributed by atoms with Gasteiger partial charge < -0.3 is 29.3 Å². The molecule has 4 aromatic rings. The van der Waals surface area contributed by atoms with Crippen molar-refractivity contribution in [2.24, 2.45) is 0 Å². The highest BCUT2D eigenvalue weighted by molar-refractivity contribution is 5.89. The van der Waals surface area contributed by atoms with Gasteiger partial charge >= 0.3 is 0 Å². The normalized spacial score (nSPS) is 17.4. The van der Waals surface area contributed by atoms with Crippen LogP contribution in [-0.2, 0) is 32.2 Å². The van der Waals surface area contributed by atoms with Crippen LogP contribution < -0.4 is 15.0 Å². The largest absolute Gasteiger partial charge is 0.497 e. The number of carbonyl (C=O) groups excluding carboxylic acids is 2. The third kappa shape index (κ3) is 6.84. The number of hydrogen-bond acceptors (Lipinski definition) is 8. The molecule has 11 nitrogen and oxygen atoms in total. The Kier molecular flexibility index (Phi) is 9.33. The van der Waals surface area contributed by atoms with Crippen molar-refractivity contribution >= 4 is 28.5 Å². The summed E-state index contributed by atoms with van der Waals surface area (Å²) in [4.78, 5) is 32.2. The molecule has 0 spiro atoms. The van der Waals surface area contributed by atoms with Gasteiger partial charge in [-0.15, -0.1) is 5.10 Å². The van der Waals surface area contributed by atoms with E-state index in [2.05, 4.69) is 20.5 Å². The first-order chi connectivity index (χ1) is 21.6. The number of benzene rings is 3. The van der Waals surface area contributed by atoms with Crippen LogP contribution in [-0.4, -0.2) is 84.4 Å². The molecule has 3 heterocycles. The number of anilines is 1. The second-order valence-electron chi connectivity index (χ2n) is 11.1. The summed E-state index contributed by atoms with van der Waals surface area (Å²) in [5, 5.41) is 11.6. The van der Waals surface area contributed by atoms with Gasteiger partial charge in [0, 0.05) is 38.5 Å². The van der Waals surface area contributed by atoms with Gasteiger partial charge in [-0.1, -0.05) is 41.6 Å². The van der Waals surface area contributed by atoms with E-state index >= 15 is 0 Å². The Bertz CT molecular complexity index is 1550. The first-order valence-corrected chi connectivity index (χ1v) is 15.1. The monoisotopic (exact) mass is 598 g/mol. The number of ether oxygens (including phenoxy) is 3. The van der Waals surface area contributed by atoms with E-state index in [1.165, 1.54) is 0 Å². The summed E-state index contributed by atoms with van der Waals surface area (Å²) in [6, 6.07) is 22.1. The van der Waals surface area contributed by atoms with Crippen molar-refractivity contribution in [3.63, 3.8) is 0 Å². The quantitative estimate of drug-likeness (QED) is 0.280. The molecule has 6 rings (SSSR count). The number of nitrogens with zero attached hydrogens (tertiary/aromatic N) is 5. The van der Waals surface area contributed by atoms with Crippen molar-refractivity contribution in [1.82, 2.24) is 25.2 Å². The molecular formula is C33H38N6O5. The Morgan fingerprint density at radius 3 is 2.52 bits per heavy atom. The zero-order valence-electron chi connectivity index (χ0n) is 24.9. The summed E-state index contributed by atoms with van der Waals surface area (Å²) in [5.74, 6) is 0.196. The van der Waals surface area contributed by atoms with Crippen LogP contribution in [0.5, 0.6) is 5.75 Å². The Balaban J connectivity index is 1.34. The Labute approximate surface area is 256 Å². The van der Waals surface area contributed by atoms with E-state index in [1.807, 2.05) is 72.8 Å². The van der Waals surface area contributed by atoms with Gasteiger partial charge in [0.15, 0.2) is 0 Å². The Hall–Kier alpha value is -4.48. The van der Waals surface area contributed by atoms with Crippen molar-refractivity contribution in [1.29, 1.82) is 0 Å². The molecule has 2 atom stereocenters. The Morgan fingerprint density at radius 2 is 1.80 bits per heavy atom. The van der Waals surface area contributed by atoms with Gasteiger partial charge in [0.1, 0.15) is 23.9 Å². The molecule has 11 heteroatoms. The van der Waals surface area contributed by atoms with Crippen molar-refractivity contribution in [2.75, 3.05) is 51.5 Å². The lowest BCUT2D eigenvalue weighted by Crippen LogP contribution is -2.46. The summed E-state index contributed by atoms with van der Waals surface area (Å²) in [6.45, 7) is 4.18. The molecule has 2 aliphatic heterocycles. The maximum absolute atomic E-state index is 14.3. The summed E-state index contributed by atoms with van der Waals surface area (Å²) < 4.78 is 18.2. The fraction of sp³-hybridized carbons (Fsp3) is 0.394. The second kappa shape index (κ2) is 13.9. The number of morpholine rings is 1. The van der Waals surface area contributed by atoms with Crippen LogP contribution in [0.2, 0.25) is 0 Å². The van der Waals surface area contributed by atoms with E-state index in [9.17, 15) is 9.59 Å². The van der Waals surface area contributed by atoms with Crippen LogP contribution in [0.3, 0.4) is 0 Å². The summed E-state index contributed by atoms with van der Waals surface area (Å²) in [6.07, 6.45) is 1.84. The number of methoxy groups -OCH3 is 1. The topological polar surface area (TPSA) is 111 Å². The third-order valence-electron chi connectivity index (χ3n) is 8.21. The van der Waals surface area contributed by atoms with Gasteiger partial charge in [0.25, 0.3) is 0 Å². The summed E-state index contributed by atoms with van der Waals surface area (Å²) in [7, 11) is 1.61. The van der Waals surface area contributed by atoms with E-state index in [0.29, 0.717) is 37.6 Å². The standard InChI is InChI=1S/C33H38N6O5/c1-42-27-14-8-24(9-15-27)22-38(31(40)23-39-30-7-3-2-6-29(30)35-36-39)32(33(41)34-21-28-5-4-18-44-28)25-10-12-26(13-11-25)37-16-19-43-20-17-37/h2-3,6-15,28,32H,4-5,16-23H2,1H3,(H,34,41)/t28-,32+/m0/s1. The van der Waals surface area contributed by atoms with Gasteiger partial charge in [-0.3, -0.25) is 9.59 Å². The molecule has 2 amide bonds. The molecule has 2 saturated heterocycles. The zero-order valence-corrected chi connectivity index (χ0v) is 24.9. The number of para-hydroxylation sites is 1. The van der Waals surface area contributed by atoms with Crippen LogP contribution in [0.4, 0.5) is 5.69 Å². The minimum Gasteiger partial charge on any atom is -0.497 e. The molecule has 2 fully saturated rings. The predicted molar refractivity (Wildman–Crippen MR) is 165 cm³/mol. The third-order valence-corrected chi connectivity index (χ3v) is 8.21. The molecule has 230 valence electrons. The molecule has 0 unspecified atom stereocenters. The first kappa shape index (κ1) is 29.6. The molecule has 44 heavy (non-hydrogen) atoms. The molecular weight excluding hydrogens is 560 g/mol. The minimum absolute atomic E-state index is 0.0319. The summed E-state index contributed by atoms with van der Waals surface area (Å²) >= 11 is 0. The highest BCUT2D eigenvalue weighted by atomic mass is 16.5. The van der Waals surface area contributed by atoms with Crippen LogP contribution in [0.1, 0.15) is 30.0 Å².